The summed E-state index contributed by atoms with van der Waals surface area (Å²) in [6.45, 7) is 6.45. The van der Waals surface area contributed by atoms with E-state index < -0.39 is 0 Å². The summed E-state index contributed by atoms with van der Waals surface area (Å²) in [6.07, 6.45) is 15.8. The highest BCUT2D eigenvalue weighted by Crippen LogP contribution is 2.34. The first-order chi connectivity index (χ1) is 14.0. The van der Waals surface area contributed by atoms with E-state index >= 15 is 0 Å². The topological polar surface area (TPSA) is 52.6 Å². The van der Waals surface area contributed by atoms with Crippen molar-refractivity contribution in [3.8, 4) is 0 Å². The molecule has 2 saturated carbocycles. The summed E-state index contributed by atoms with van der Waals surface area (Å²) in [5, 5.41) is 0. The van der Waals surface area contributed by atoms with E-state index in [1.807, 2.05) is 6.92 Å². The van der Waals surface area contributed by atoms with E-state index in [4.69, 9.17) is 9.47 Å². The Morgan fingerprint density at radius 3 is 2.03 bits per heavy atom. The molecule has 0 aromatic carbocycles. The van der Waals surface area contributed by atoms with E-state index in [2.05, 4.69) is 13.8 Å². The van der Waals surface area contributed by atoms with Gasteiger partial charge in [0.2, 0.25) is 0 Å². The van der Waals surface area contributed by atoms with Crippen molar-refractivity contribution in [3.05, 3.63) is 0 Å². The number of carbonyl (C=O) groups excluding carboxylic acids is 2. The van der Waals surface area contributed by atoms with E-state index in [0.29, 0.717) is 0 Å². The van der Waals surface area contributed by atoms with Gasteiger partial charge in [0.1, 0.15) is 6.10 Å². The zero-order valence-electron chi connectivity index (χ0n) is 19.1. The van der Waals surface area contributed by atoms with Crippen LogP contribution in [0.25, 0.3) is 0 Å². The summed E-state index contributed by atoms with van der Waals surface area (Å²) < 4.78 is 11.5. The van der Waals surface area contributed by atoms with Crippen LogP contribution in [-0.2, 0) is 19.1 Å². The standard InChI is InChI=1S/C25H44O4/c1-4-6-7-8-10-19(3)28-24(26)22-15-17-23(18-16-22)29-25(27)21-13-11-20(9-5-2)12-14-21/h19-23H,4-18H2,1-3H3. The van der Waals surface area contributed by atoms with Gasteiger partial charge in [0.15, 0.2) is 0 Å². The third-order valence-corrected chi connectivity index (χ3v) is 6.95. The first-order valence-corrected chi connectivity index (χ1v) is 12.4. The molecule has 0 amide bonds. The zero-order chi connectivity index (χ0) is 21.1. The van der Waals surface area contributed by atoms with Crippen LogP contribution in [0.4, 0.5) is 0 Å². The van der Waals surface area contributed by atoms with Crippen molar-refractivity contribution in [2.75, 3.05) is 0 Å². The van der Waals surface area contributed by atoms with Crippen LogP contribution >= 0.6 is 0 Å². The number of ether oxygens (including phenoxy) is 2. The quantitative estimate of drug-likeness (QED) is 0.285. The van der Waals surface area contributed by atoms with Crippen molar-refractivity contribution in [2.24, 2.45) is 17.8 Å². The van der Waals surface area contributed by atoms with Gasteiger partial charge in [-0.2, -0.15) is 0 Å². The molecular formula is C25H44O4. The third-order valence-electron chi connectivity index (χ3n) is 6.95. The van der Waals surface area contributed by atoms with Crippen LogP contribution < -0.4 is 0 Å². The molecule has 0 aromatic rings. The first kappa shape index (κ1) is 24.2. The zero-order valence-corrected chi connectivity index (χ0v) is 19.1. The van der Waals surface area contributed by atoms with Gasteiger partial charge in [-0.3, -0.25) is 9.59 Å². The Kier molecular flexibility index (Phi) is 11.1. The molecule has 2 aliphatic rings. The SMILES string of the molecule is CCCCCCC(C)OC(=O)C1CCC(OC(=O)C2CCC(CCC)CC2)CC1. The Balaban J connectivity index is 1.62. The molecule has 1 unspecified atom stereocenters. The van der Waals surface area contributed by atoms with Crippen molar-refractivity contribution in [3.63, 3.8) is 0 Å². The van der Waals surface area contributed by atoms with Crippen LogP contribution in [0.2, 0.25) is 0 Å². The first-order valence-electron chi connectivity index (χ1n) is 12.4. The molecule has 4 heteroatoms. The molecule has 168 valence electrons. The van der Waals surface area contributed by atoms with Crippen LogP contribution in [0.5, 0.6) is 0 Å². The molecule has 0 spiro atoms. The highest BCUT2D eigenvalue weighted by atomic mass is 16.5. The third kappa shape index (κ3) is 8.68. The fourth-order valence-electron chi connectivity index (χ4n) is 4.98. The lowest BCUT2D eigenvalue weighted by molar-refractivity contribution is -0.160. The molecule has 0 heterocycles. The highest BCUT2D eigenvalue weighted by molar-refractivity contribution is 5.73. The van der Waals surface area contributed by atoms with Crippen LogP contribution in [-0.4, -0.2) is 24.1 Å². The van der Waals surface area contributed by atoms with Crippen LogP contribution in [0, 0.1) is 17.8 Å². The molecule has 4 nitrogen and oxygen atoms in total. The minimum atomic E-state index is -0.0491. The maximum atomic E-state index is 12.5. The molecule has 0 radical (unpaired) electrons. The normalized spacial score (nSPS) is 28.5. The van der Waals surface area contributed by atoms with E-state index in [-0.39, 0.29) is 36.0 Å². The van der Waals surface area contributed by atoms with Gasteiger partial charge in [-0.25, -0.2) is 0 Å². The molecule has 2 rings (SSSR count). The Morgan fingerprint density at radius 1 is 0.793 bits per heavy atom. The van der Waals surface area contributed by atoms with Gasteiger partial charge in [-0.15, -0.1) is 0 Å². The molecule has 2 aliphatic carbocycles. The fourth-order valence-corrected chi connectivity index (χ4v) is 4.98. The van der Waals surface area contributed by atoms with Gasteiger partial charge in [-0.1, -0.05) is 46.0 Å². The summed E-state index contributed by atoms with van der Waals surface area (Å²) in [5.41, 5.74) is 0. The molecule has 0 N–H and O–H groups in total. The molecule has 2 fully saturated rings. The van der Waals surface area contributed by atoms with Gasteiger partial charge in [0.05, 0.1) is 17.9 Å². The van der Waals surface area contributed by atoms with Crippen molar-refractivity contribution >= 4 is 11.9 Å². The Bertz CT molecular complexity index is 473. The molecule has 0 saturated heterocycles. The molecule has 1 atom stereocenters. The number of hydrogen-bond donors (Lipinski definition) is 0. The molecule has 0 aromatic heterocycles. The van der Waals surface area contributed by atoms with Gasteiger partial charge in [0, 0.05) is 0 Å². The second kappa shape index (κ2) is 13.3. The summed E-state index contributed by atoms with van der Waals surface area (Å²) in [6, 6.07) is 0. The number of carbonyl (C=O) groups is 2. The summed E-state index contributed by atoms with van der Waals surface area (Å²) in [7, 11) is 0. The average molecular weight is 409 g/mol. The maximum Gasteiger partial charge on any atom is 0.309 e. The smallest absolute Gasteiger partial charge is 0.309 e. The largest absolute Gasteiger partial charge is 0.462 e. The minimum Gasteiger partial charge on any atom is -0.462 e. The minimum absolute atomic E-state index is 0.00618. The average Bonchev–Trinajstić information content (AvgIpc) is 2.72. The summed E-state index contributed by atoms with van der Waals surface area (Å²) >= 11 is 0. The molecule has 29 heavy (non-hydrogen) atoms. The van der Waals surface area contributed by atoms with Gasteiger partial charge >= 0.3 is 11.9 Å². The van der Waals surface area contributed by atoms with Crippen molar-refractivity contribution in [1.29, 1.82) is 0 Å². The van der Waals surface area contributed by atoms with Crippen molar-refractivity contribution in [2.45, 2.75) is 129 Å². The lowest BCUT2D eigenvalue weighted by Gasteiger charge is -2.31. The number of hydrogen-bond acceptors (Lipinski definition) is 4. The second-order valence-corrected chi connectivity index (χ2v) is 9.51. The number of esters is 2. The van der Waals surface area contributed by atoms with Gasteiger partial charge in [-0.05, 0) is 77.0 Å². The van der Waals surface area contributed by atoms with Crippen molar-refractivity contribution < 1.29 is 19.1 Å². The maximum absolute atomic E-state index is 12.5. The lowest BCUT2D eigenvalue weighted by atomic mass is 9.80. The van der Waals surface area contributed by atoms with Crippen LogP contribution in [0.1, 0.15) is 117 Å². The predicted molar refractivity (Wildman–Crippen MR) is 117 cm³/mol. The molecular weight excluding hydrogens is 364 g/mol. The van der Waals surface area contributed by atoms with Gasteiger partial charge < -0.3 is 9.47 Å². The summed E-state index contributed by atoms with van der Waals surface area (Å²) in [4.78, 5) is 25.0. The van der Waals surface area contributed by atoms with E-state index in [1.54, 1.807) is 0 Å². The predicted octanol–water partition coefficient (Wildman–Crippen LogP) is 6.60. The van der Waals surface area contributed by atoms with Crippen molar-refractivity contribution in [1.82, 2.24) is 0 Å². The Morgan fingerprint density at radius 2 is 1.41 bits per heavy atom. The van der Waals surface area contributed by atoms with E-state index in [0.717, 1.165) is 57.3 Å². The number of rotatable bonds is 11. The number of unbranched alkanes of at least 4 members (excludes halogenated alkanes) is 3. The van der Waals surface area contributed by atoms with E-state index in [9.17, 15) is 9.59 Å². The highest BCUT2D eigenvalue weighted by Gasteiger charge is 2.32. The van der Waals surface area contributed by atoms with Crippen LogP contribution in [0.15, 0.2) is 0 Å². The molecule has 0 bridgehead atoms. The second-order valence-electron chi connectivity index (χ2n) is 9.51. The van der Waals surface area contributed by atoms with E-state index in [1.165, 1.54) is 44.9 Å². The summed E-state index contributed by atoms with van der Waals surface area (Å²) in [5.74, 6) is 0.838. The lowest BCUT2D eigenvalue weighted by Crippen LogP contribution is -2.32. The Labute approximate surface area is 178 Å². The Hall–Kier alpha value is -1.06. The van der Waals surface area contributed by atoms with Crippen LogP contribution in [0.3, 0.4) is 0 Å². The fraction of sp³-hybridized carbons (Fsp3) is 0.920. The molecule has 0 aliphatic heterocycles. The van der Waals surface area contributed by atoms with Gasteiger partial charge in [0.25, 0.3) is 0 Å². The monoisotopic (exact) mass is 408 g/mol.